The van der Waals surface area contributed by atoms with Crippen molar-refractivity contribution in [3.8, 4) is 23.0 Å². The van der Waals surface area contributed by atoms with Gasteiger partial charge in [0.1, 0.15) is 19.0 Å². The Morgan fingerprint density at radius 3 is 2.59 bits per heavy atom. The van der Waals surface area contributed by atoms with Gasteiger partial charge in [-0.1, -0.05) is 19.1 Å². The van der Waals surface area contributed by atoms with Crippen LogP contribution in [-0.2, 0) is 16.1 Å². The van der Waals surface area contributed by atoms with Crippen LogP contribution in [0.1, 0.15) is 43.0 Å². The van der Waals surface area contributed by atoms with Crippen molar-refractivity contribution in [3.63, 3.8) is 0 Å². The molecule has 2 aliphatic rings. The van der Waals surface area contributed by atoms with Crippen LogP contribution in [0.5, 0.6) is 23.0 Å². The molecular weight excluding hydrogens is 500 g/mol. The number of carbonyl (C=O) groups is 2. The van der Waals surface area contributed by atoms with E-state index in [4.69, 9.17) is 18.9 Å². The molecule has 3 heterocycles. The Labute approximate surface area is 226 Å². The highest BCUT2D eigenvalue weighted by molar-refractivity contribution is 6.46. The third-order valence-electron chi connectivity index (χ3n) is 6.48. The van der Waals surface area contributed by atoms with Crippen molar-refractivity contribution in [1.29, 1.82) is 0 Å². The van der Waals surface area contributed by atoms with Crippen molar-refractivity contribution in [2.24, 2.45) is 0 Å². The van der Waals surface area contributed by atoms with E-state index < -0.39 is 17.7 Å². The molecule has 0 saturated carbocycles. The summed E-state index contributed by atoms with van der Waals surface area (Å²) in [5, 5.41) is 11.5. The van der Waals surface area contributed by atoms with E-state index >= 15 is 0 Å². The Morgan fingerprint density at radius 2 is 1.85 bits per heavy atom. The number of amides is 1. The first-order chi connectivity index (χ1) is 19.0. The van der Waals surface area contributed by atoms with Gasteiger partial charge in [0.15, 0.2) is 23.0 Å². The van der Waals surface area contributed by atoms with Crippen molar-refractivity contribution >= 4 is 17.4 Å². The predicted octanol–water partition coefficient (Wildman–Crippen LogP) is 4.66. The number of pyridine rings is 1. The first kappa shape index (κ1) is 26.1. The number of aliphatic hydroxyl groups is 1. The van der Waals surface area contributed by atoms with Crippen molar-refractivity contribution in [3.05, 3.63) is 83.2 Å². The Morgan fingerprint density at radius 1 is 1.03 bits per heavy atom. The molecule has 39 heavy (non-hydrogen) atoms. The molecule has 0 aliphatic carbocycles. The second-order valence-electron chi connectivity index (χ2n) is 9.13. The predicted molar refractivity (Wildman–Crippen MR) is 143 cm³/mol. The summed E-state index contributed by atoms with van der Waals surface area (Å²) in [5.74, 6) is 0.284. The van der Waals surface area contributed by atoms with Gasteiger partial charge in [0.25, 0.3) is 11.7 Å². The van der Waals surface area contributed by atoms with E-state index in [1.165, 1.54) is 4.90 Å². The maximum absolute atomic E-state index is 13.5. The van der Waals surface area contributed by atoms with Crippen LogP contribution in [0, 0.1) is 0 Å². The molecule has 1 saturated heterocycles. The minimum Gasteiger partial charge on any atom is -0.507 e. The van der Waals surface area contributed by atoms with Crippen LogP contribution in [0.4, 0.5) is 0 Å². The molecule has 9 nitrogen and oxygen atoms in total. The molecule has 3 aromatic rings. The van der Waals surface area contributed by atoms with E-state index in [0.29, 0.717) is 60.6 Å². The number of hydrogen-bond donors (Lipinski definition) is 1. The second kappa shape index (κ2) is 11.5. The summed E-state index contributed by atoms with van der Waals surface area (Å²) in [5.41, 5.74) is 1.67. The topological polar surface area (TPSA) is 107 Å². The zero-order valence-corrected chi connectivity index (χ0v) is 21.9. The second-order valence-corrected chi connectivity index (χ2v) is 9.13. The average Bonchev–Trinajstić information content (AvgIpc) is 3.21. The van der Waals surface area contributed by atoms with Gasteiger partial charge in [-0.2, -0.15) is 0 Å². The number of carbonyl (C=O) groups excluding carboxylic acids is 2. The molecule has 0 spiro atoms. The summed E-state index contributed by atoms with van der Waals surface area (Å²) < 4.78 is 23.0. The monoisotopic (exact) mass is 530 g/mol. The highest BCUT2D eigenvalue weighted by Crippen LogP contribution is 2.43. The number of ketones is 1. The molecule has 0 radical (unpaired) electrons. The number of fused-ring (bicyclic) bond motifs is 1. The number of aromatic nitrogens is 1. The molecule has 1 atom stereocenters. The lowest BCUT2D eigenvalue weighted by Crippen LogP contribution is -2.29. The Bertz CT molecular complexity index is 1400. The minimum atomic E-state index is -0.877. The molecule has 1 amide bonds. The van der Waals surface area contributed by atoms with Crippen molar-refractivity contribution in [1.82, 2.24) is 9.88 Å². The Hall–Kier alpha value is -4.53. The molecule has 9 heteroatoms. The highest BCUT2D eigenvalue weighted by Gasteiger charge is 2.46. The van der Waals surface area contributed by atoms with E-state index in [2.05, 4.69) is 4.98 Å². The lowest BCUT2D eigenvalue weighted by Gasteiger charge is -2.26. The minimum absolute atomic E-state index is 0.0229. The zero-order valence-electron chi connectivity index (χ0n) is 21.9. The number of hydrogen-bond acceptors (Lipinski definition) is 8. The summed E-state index contributed by atoms with van der Waals surface area (Å²) in [4.78, 5) is 32.5. The molecule has 2 aliphatic heterocycles. The van der Waals surface area contributed by atoms with Crippen LogP contribution < -0.4 is 18.9 Å². The fraction of sp³-hybridized carbons (Fsp3) is 0.300. The first-order valence-electron chi connectivity index (χ1n) is 13.0. The molecule has 5 rings (SSSR count). The number of ether oxygens (including phenoxy) is 4. The molecule has 0 unspecified atom stereocenters. The third kappa shape index (κ3) is 5.25. The largest absolute Gasteiger partial charge is 0.507 e. The van der Waals surface area contributed by atoms with Crippen LogP contribution in [0.3, 0.4) is 0 Å². The zero-order chi connectivity index (χ0) is 27.4. The SMILES string of the molecule is CCCOc1ccc([C@H]2C(=C(O)c3ccc4c(c3)OCCO4)C(=O)C(=O)N2Cc2cccnc2)cc1OCC. The van der Waals surface area contributed by atoms with Crippen molar-refractivity contribution in [2.75, 3.05) is 26.4 Å². The van der Waals surface area contributed by atoms with Gasteiger partial charge in [-0.25, -0.2) is 0 Å². The van der Waals surface area contributed by atoms with E-state index in [1.54, 1.807) is 54.9 Å². The standard InChI is InChI=1S/C30H30N2O7/c1-3-12-37-22-9-7-20(15-24(22)36-4-2)27-26(28(33)21-8-10-23-25(16-21)39-14-13-38-23)29(34)30(35)32(27)18-19-6-5-11-31-17-19/h5-11,15-17,27,33H,3-4,12-14,18H2,1-2H3/t27-/m0/s1. The first-order valence-corrected chi connectivity index (χ1v) is 13.0. The summed E-state index contributed by atoms with van der Waals surface area (Å²) in [6.07, 6.45) is 4.11. The van der Waals surface area contributed by atoms with Crippen molar-refractivity contribution in [2.45, 2.75) is 32.9 Å². The lowest BCUT2D eigenvalue weighted by molar-refractivity contribution is -0.140. The van der Waals surface area contributed by atoms with Gasteiger partial charge in [0, 0.05) is 24.5 Å². The van der Waals surface area contributed by atoms with Gasteiger partial charge in [0.2, 0.25) is 0 Å². The lowest BCUT2D eigenvalue weighted by atomic mass is 9.94. The maximum atomic E-state index is 13.5. The normalized spacial score (nSPS) is 17.8. The smallest absolute Gasteiger partial charge is 0.295 e. The van der Waals surface area contributed by atoms with Gasteiger partial charge in [-0.3, -0.25) is 14.6 Å². The number of benzene rings is 2. The van der Waals surface area contributed by atoms with Gasteiger partial charge < -0.3 is 29.0 Å². The fourth-order valence-corrected chi connectivity index (χ4v) is 4.72. The molecule has 1 aromatic heterocycles. The summed E-state index contributed by atoms with van der Waals surface area (Å²) in [7, 11) is 0. The van der Waals surface area contributed by atoms with Crippen LogP contribution in [0.25, 0.3) is 5.76 Å². The van der Waals surface area contributed by atoms with Crippen LogP contribution >= 0.6 is 0 Å². The number of aliphatic hydroxyl groups excluding tert-OH is 1. The summed E-state index contributed by atoms with van der Waals surface area (Å²) in [6.45, 7) is 5.73. The number of likely N-dealkylation sites (tertiary alicyclic amines) is 1. The average molecular weight is 531 g/mol. The quantitative estimate of drug-likeness (QED) is 0.242. The van der Waals surface area contributed by atoms with Crippen LogP contribution in [0.2, 0.25) is 0 Å². The number of Topliss-reactive ketones (excluding diaryl/α,β-unsaturated/α-hetero) is 1. The van der Waals surface area contributed by atoms with Crippen LogP contribution in [-0.4, -0.2) is 53.1 Å². The Balaban J connectivity index is 1.63. The molecule has 1 fully saturated rings. The summed E-state index contributed by atoms with van der Waals surface area (Å²) in [6, 6.07) is 13.0. The number of nitrogens with zero attached hydrogens (tertiary/aromatic N) is 2. The van der Waals surface area contributed by atoms with E-state index in [1.807, 2.05) is 19.9 Å². The molecule has 202 valence electrons. The van der Waals surface area contributed by atoms with Gasteiger partial charge in [0.05, 0.1) is 24.8 Å². The van der Waals surface area contributed by atoms with Gasteiger partial charge >= 0.3 is 0 Å². The van der Waals surface area contributed by atoms with Crippen LogP contribution in [0.15, 0.2) is 66.5 Å². The Kier molecular flexibility index (Phi) is 7.67. The summed E-state index contributed by atoms with van der Waals surface area (Å²) >= 11 is 0. The van der Waals surface area contributed by atoms with Crippen molar-refractivity contribution < 1.29 is 33.6 Å². The molecule has 0 bridgehead atoms. The molecule has 2 aromatic carbocycles. The van der Waals surface area contributed by atoms with Gasteiger partial charge in [-0.15, -0.1) is 0 Å². The fourth-order valence-electron chi connectivity index (χ4n) is 4.72. The molecule has 1 N–H and O–H groups in total. The van der Waals surface area contributed by atoms with Gasteiger partial charge in [-0.05, 0) is 60.9 Å². The highest BCUT2D eigenvalue weighted by atomic mass is 16.6. The van der Waals surface area contributed by atoms with E-state index in [-0.39, 0.29) is 17.9 Å². The van der Waals surface area contributed by atoms with E-state index in [0.717, 1.165) is 12.0 Å². The number of rotatable bonds is 9. The maximum Gasteiger partial charge on any atom is 0.295 e. The third-order valence-corrected chi connectivity index (χ3v) is 6.48. The molecular formula is C30H30N2O7. The van der Waals surface area contributed by atoms with E-state index in [9.17, 15) is 14.7 Å².